The van der Waals surface area contributed by atoms with Crippen molar-refractivity contribution < 1.29 is 49.2 Å². The van der Waals surface area contributed by atoms with Crippen LogP contribution in [0.5, 0.6) is 5.75 Å². The standard InChI is InChI=1S/C16H19F4NO7S/c1-3-4-7-27-15(23)21-13(9-14(22)26-2)11-6-5-10(8-12(11)17)28-29(24,25)16(18,19)20/h5-6,8,13H,3-4,7,9H2,1-2H3,(H,21,23). The van der Waals surface area contributed by atoms with E-state index < -0.39 is 51.7 Å². The molecule has 0 aromatic heterocycles. The second-order valence-corrected chi connectivity index (χ2v) is 7.17. The highest BCUT2D eigenvalue weighted by Gasteiger charge is 2.48. The Morgan fingerprint density at radius 3 is 2.41 bits per heavy atom. The zero-order valence-electron chi connectivity index (χ0n) is 15.4. The van der Waals surface area contributed by atoms with E-state index in [-0.39, 0.29) is 12.2 Å². The summed E-state index contributed by atoms with van der Waals surface area (Å²) in [5.74, 6) is -2.98. The van der Waals surface area contributed by atoms with Crippen LogP contribution in [0.4, 0.5) is 22.4 Å². The fourth-order valence-corrected chi connectivity index (χ4v) is 2.45. The van der Waals surface area contributed by atoms with Crippen molar-refractivity contribution >= 4 is 22.2 Å². The molecule has 0 saturated carbocycles. The lowest BCUT2D eigenvalue weighted by molar-refractivity contribution is -0.141. The average Bonchev–Trinajstić information content (AvgIpc) is 2.60. The van der Waals surface area contributed by atoms with Gasteiger partial charge in [-0.1, -0.05) is 19.4 Å². The Labute approximate surface area is 164 Å². The molecule has 1 N–H and O–H groups in total. The van der Waals surface area contributed by atoms with Crippen LogP contribution in [0.2, 0.25) is 0 Å². The van der Waals surface area contributed by atoms with Gasteiger partial charge in [-0.05, 0) is 12.5 Å². The smallest absolute Gasteiger partial charge is 0.469 e. The molecule has 0 aliphatic rings. The number of ether oxygens (including phenoxy) is 2. The number of hydrogen-bond donors (Lipinski definition) is 1. The first-order chi connectivity index (χ1) is 13.4. The summed E-state index contributed by atoms with van der Waals surface area (Å²) >= 11 is 0. The number of carbonyl (C=O) groups excluding carboxylic acids is 2. The monoisotopic (exact) mass is 445 g/mol. The number of rotatable bonds is 9. The number of nitrogens with one attached hydrogen (secondary N) is 1. The van der Waals surface area contributed by atoms with Gasteiger partial charge in [-0.3, -0.25) is 4.79 Å². The van der Waals surface area contributed by atoms with E-state index in [2.05, 4.69) is 14.2 Å². The molecule has 0 saturated heterocycles. The molecule has 0 bridgehead atoms. The van der Waals surface area contributed by atoms with E-state index in [9.17, 15) is 35.6 Å². The molecule has 1 unspecified atom stereocenters. The van der Waals surface area contributed by atoms with E-state index in [1.165, 1.54) is 0 Å². The average molecular weight is 445 g/mol. The maximum atomic E-state index is 14.4. The second-order valence-electron chi connectivity index (χ2n) is 5.63. The van der Waals surface area contributed by atoms with Gasteiger partial charge in [0.2, 0.25) is 0 Å². The Balaban J connectivity index is 3.06. The van der Waals surface area contributed by atoms with Gasteiger partial charge in [-0.15, -0.1) is 0 Å². The number of benzene rings is 1. The summed E-state index contributed by atoms with van der Waals surface area (Å²) in [6.07, 6.45) is -0.150. The molecule has 13 heteroatoms. The zero-order chi connectivity index (χ0) is 22.2. The molecule has 1 aromatic rings. The van der Waals surface area contributed by atoms with E-state index in [1.54, 1.807) is 0 Å². The molecule has 8 nitrogen and oxygen atoms in total. The molecule has 1 atom stereocenters. The van der Waals surface area contributed by atoms with Gasteiger partial charge in [0.05, 0.1) is 26.2 Å². The van der Waals surface area contributed by atoms with Gasteiger partial charge in [0, 0.05) is 11.6 Å². The predicted octanol–water partition coefficient (Wildman–Crippen LogP) is 3.18. The van der Waals surface area contributed by atoms with Crippen molar-refractivity contribution in [2.75, 3.05) is 13.7 Å². The summed E-state index contributed by atoms with van der Waals surface area (Å²) in [7, 11) is -4.92. The number of esters is 1. The third-order valence-corrected chi connectivity index (χ3v) is 4.44. The number of unbranched alkanes of at least 4 members (excludes halogenated alkanes) is 1. The van der Waals surface area contributed by atoms with Crippen molar-refractivity contribution in [1.82, 2.24) is 5.32 Å². The second kappa shape index (κ2) is 10.3. The van der Waals surface area contributed by atoms with Gasteiger partial charge in [0.1, 0.15) is 11.6 Å². The van der Waals surface area contributed by atoms with Crippen molar-refractivity contribution in [1.29, 1.82) is 0 Å². The quantitative estimate of drug-likeness (QED) is 0.204. The third-order valence-electron chi connectivity index (χ3n) is 3.46. The van der Waals surface area contributed by atoms with E-state index >= 15 is 0 Å². The van der Waals surface area contributed by atoms with E-state index in [0.29, 0.717) is 12.5 Å². The molecule has 1 rings (SSSR count). The van der Waals surface area contributed by atoms with Crippen LogP contribution in [0.3, 0.4) is 0 Å². The van der Waals surface area contributed by atoms with Gasteiger partial charge >= 0.3 is 27.7 Å². The number of hydrogen-bond acceptors (Lipinski definition) is 7. The SMILES string of the molecule is CCCCOC(=O)NC(CC(=O)OC)c1ccc(OS(=O)(=O)C(F)(F)F)cc1F. The molecule has 0 fully saturated rings. The van der Waals surface area contributed by atoms with Gasteiger partial charge in [-0.2, -0.15) is 21.6 Å². The lowest BCUT2D eigenvalue weighted by atomic mass is 10.0. The predicted molar refractivity (Wildman–Crippen MR) is 90.8 cm³/mol. The summed E-state index contributed by atoms with van der Waals surface area (Å²) in [5, 5.41) is 2.25. The summed E-state index contributed by atoms with van der Waals surface area (Å²) in [6, 6.07) is 0.712. The molecule has 0 spiro atoms. The van der Waals surface area contributed by atoms with Crippen molar-refractivity contribution in [3.8, 4) is 5.75 Å². The van der Waals surface area contributed by atoms with E-state index in [4.69, 9.17) is 4.74 Å². The van der Waals surface area contributed by atoms with Crippen LogP contribution in [-0.4, -0.2) is 39.7 Å². The Morgan fingerprint density at radius 1 is 1.24 bits per heavy atom. The number of halogens is 4. The summed E-state index contributed by atoms with van der Waals surface area (Å²) in [6.45, 7) is 1.94. The lowest BCUT2D eigenvalue weighted by Gasteiger charge is -2.19. The molecular weight excluding hydrogens is 426 g/mol. The van der Waals surface area contributed by atoms with Crippen molar-refractivity contribution in [2.24, 2.45) is 0 Å². The highest BCUT2D eigenvalue weighted by molar-refractivity contribution is 7.88. The molecule has 0 heterocycles. The fraction of sp³-hybridized carbons (Fsp3) is 0.500. The Kier molecular flexibility index (Phi) is 8.67. The minimum absolute atomic E-state index is 0.0812. The maximum Gasteiger partial charge on any atom is 0.534 e. The molecule has 0 aliphatic heterocycles. The Morgan fingerprint density at radius 2 is 1.90 bits per heavy atom. The van der Waals surface area contributed by atoms with Crippen LogP contribution in [0.25, 0.3) is 0 Å². The van der Waals surface area contributed by atoms with Gasteiger partial charge in [0.15, 0.2) is 0 Å². The van der Waals surface area contributed by atoms with Gasteiger partial charge in [0.25, 0.3) is 0 Å². The van der Waals surface area contributed by atoms with Crippen molar-refractivity contribution in [3.63, 3.8) is 0 Å². The van der Waals surface area contributed by atoms with Crippen molar-refractivity contribution in [2.45, 2.75) is 37.7 Å². The molecule has 1 amide bonds. The largest absolute Gasteiger partial charge is 0.534 e. The number of alkyl carbamates (subject to hydrolysis) is 1. The Bertz CT molecular complexity index is 827. The minimum Gasteiger partial charge on any atom is -0.469 e. The summed E-state index contributed by atoms with van der Waals surface area (Å²) < 4.78 is 86.6. The summed E-state index contributed by atoms with van der Waals surface area (Å²) in [5.41, 5.74) is -6.01. The highest BCUT2D eigenvalue weighted by atomic mass is 32.2. The number of alkyl halides is 3. The molecule has 0 aliphatic carbocycles. The fourth-order valence-electron chi connectivity index (χ4n) is 2.00. The molecular formula is C16H19F4NO7S. The molecule has 1 aromatic carbocycles. The zero-order valence-corrected chi connectivity index (χ0v) is 16.2. The number of methoxy groups -OCH3 is 1. The van der Waals surface area contributed by atoms with Crippen LogP contribution in [0.1, 0.15) is 37.8 Å². The van der Waals surface area contributed by atoms with E-state index in [1.807, 2.05) is 6.92 Å². The third kappa shape index (κ3) is 7.40. The first kappa shape index (κ1) is 24.5. The van der Waals surface area contributed by atoms with Crippen LogP contribution < -0.4 is 9.50 Å². The topological polar surface area (TPSA) is 108 Å². The van der Waals surface area contributed by atoms with Crippen LogP contribution in [0, 0.1) is 5.82 Å². The van der Waals surface area contributed by atoms with Crippen LogP contribution >= 0.6 is 0 Å². The highest BCUT2D eigenvalue weighted by Crippen LogP contribution is 2.29. The van der Waals surface area contributed by atoms with Gasteiger partial charge in [-0.25, -0.2) is 9.18 Å². The van der Waals surface area contributed by atoms with Crippen LogP contribution in [-0.2, 0) is 24.4 Å². The maximum absolute atomic E-state index is 14.4. The van der Waals surface area contributed by atoms with E-state index in [0.717, 1.165) is 25.7 Å². The van der Waals surface area contributed by atoms with Crippen LogP contribution in [0.15, 0.2) is 18.2 Å². The molecule has 29 heavy (non-hydrogen) atoms. The number of amides is 1. The Hall–Kier alpha value is -2.57. The molecule has 164 valence electrons. The molecule has 0 radical (unpaired) electrons. The first-order valence-corrected chi connectivity index (χ1v) is 9.62. The summed E-state index contributed by atoms with van der Waals surface area (Å²) in [4.78, 5) is 23.4. The van der Waals surface area contributed by atoms with Crippen molar-refractivity contribution in [3.05, 3.63) is 29.6 Å². The lowest BCUT2D eigenvalue weighted by Crippen LogP contribution is -2.32. The normalized spacial score (nSPS) is 12.8. The first-order valence-electron chi connectivity index (χ1n) is 8.21. The minimum atomic E-state index is -5.99. The van der Waals surface area contributed by atoms with Gasteiger partial charge < -0.3 is 19.0 Å². The number of carbonyl (C=O) groups is 2.